The van der Waals surface area contributed by atoms with Gasteiger partial charge >= 0.3 is 5.97 Å². The van der Waals surface area contributed by atoms with Crippen molar-refractivity contribution in [3.8, 4) is 0 Å². The fourth-order valence-electron chi connectivity index (χ4n) is 2.81. The standard InChI is InChI=1S/C19H21BrN2O4/c1-10-17(19(25)26-4)15(22-18(10)12(3)23)9-16(24)21-11(2)13-5-7-14(20)8-6-13/h5-8,11,22H,9H2,1-4H3,(H,21,24). The van der Waals surface area contributed by atoms with Gasteiger partial charge in [0.2, 0.25) is 5.91 Å². The number of benzene rings is 1. The second-order valence-corrected chi connectivity index (χ2v) is 6.96. The molecule has 1 unspecified atom stereocenters. The Kier molecular flexibility index (Phi) is 6.37. The van der Waals surface area contributed by atoms with Crippen molar-refractivity contribution in [2.24, 2.45) is 0 Å². The number of carbonyl (C=O) groups excluding carboxylic acids is 3. The Balaban J connectivity index is 2.20. The molecule has 1 aromatic heterocycles. The Morgan fingerprint density at radius 1 is 1.23 bits per heavy atom. The van der Waals surface area contributed by atoms with Crippen molar-refractivity contribution < 1.29 is 19.1 Å². The van der Waals surface area contributed by atoms with Gasteiger partial charge in [-0.2, -0.15) is 0 Å². The van der Waals surface area contributed by atoms with E-state index >= 15 is 0 Å². The first-order chi connectivity index (χ1) is 12.2. The Bertz CT molecular complexity index is 840. The number of esters is 1. The molecule has 1 atom stereocenters. The third-order valence-corrected chi connectivity index (χ3v) is 4.68. The summed E-state index contributed by atoms with van der Waals surface area (Å²) in [6.07, 6.45) is -0.0561. The molecule has 0 fully saturated rings. The van der Waals surface area contributed by atoms with E-state index in [2.05, 4.69) is 26.2 Å². The maximum absolute atomic E-state index is 12.4. The predicted molar refractivity (Wildman–Crippen MR) is 101 cm³/mol. The Labute approximate surface area is 160 Å². The number of carbonyl (C=O) groups is 3. The zero-order valence-electron chi connectivity index (χ0n) is 15.1. The number of aromatic amines is 1. The number of rotatable bonds is 6. The van der Waals surface area contributed by atoms with Gasteiger partial charge in [0.15, 0.2) is 5.78 Å². The molecule has 6 nitrogen and oxygen atoms in total. The van der Waals surface area contributed by atoms with Gasteiger partial charge in [-0.05, 0) is 37.1 Å². The molecule has 0 spiro atoms. The van der Waals surface area contributed by atoms with E-state index in [9.17, 15) is 14.4 Å². The van der Waals surface area contributed by atoms with Crippen molar-refractivity contribution >= 4 is 33.6 Å². The molecular formula is C19H21BrN2O4. The van der Waals surface area contributed by atoms with Crippen LogP contribution in [-0.2, 0) is 16.0 Å². The van der Waals surface area contributed by atoms with Crippen LogP contribution in [0.2, 0.25) is 0 Å². The Morgan fingerprint density at radius 3 is 2.38 bits per heavy atom. The highest BCUT2D eigenvalue weighted by Crippen LogP contribution is 2.21. The van der Waals surface area contributed by atoms with Crippen LogP contribution in [-0.4, -0.2) is 29.8 Å². The zero-order chi connectivity index (χ0) is 19.4. The molecular weight excluding hydrogens is 400 g/mol. The first-order valence-corrected chi connectivity index (χ1v) is 8.89. The van der Waals surface area contributed by atoms with Crippen molar-refractivity contribution in [2.75, 3.05) is 7.11 Å². The summed E-state index contributed by atoms with van der Waals surface area (Å²) in [7, 11) is 1.27. The third-order valence-electron chi connectivity index (χ3n) is 4.15. The van der Waals surface area contributed by atoms with Crippen LogP contribution in [0, 0.1) is 6.92 Å². The van der Waals surface area contributed by atoms with E-state index < -0.39 is 5.97 Å². The summed E-state index contributed by atoms with van der Waals surface area (Å²) in [6, 6.07) is 7.45. The highest BCUT2D eigenvalue weighted by molar-refractivity contribution is 9.10. The van der Waals surface area contributed by atoms with E-state index in [-0.39, 0.29) is 29.7 Å². The molecule has 0 aliphatic carbocycles. The normalized spacial score (nSPS) is 11.7. The van der Waals surface area contributed by atoms with Gasteiger partial charge in [-0.25, -0.2) is 4.79 Å². The molecule has 1 amide bonds. The van der Waals surface area contributed by atoms with Gasteiger partial charge in [-0.3, -0.25) is 9.59 Å². The average Bonchev–Trinajstić information content (AvgIpc) is 2.91. The van der Waals surface area contributed by atoms with E-state index in [0.717, 1.165) is 10.0 Å². The Hall–Kier alpha value is -2.41. The number of hydrogen-bond donors (Lipinski definition) is 2. The maximum atomic E-state index is 12.4. The quantitative estimate of drug-likeness (QED) is 0.552. The predicted octanol–water partition coefficient (Wildman–Crippen LogP) is 3.49. The van der Waals surface area contributed by atoms with Crippen molar-refractivity contribution in [1.82, 2.24) is 10.3 Å². The molecule has 0 radical (unpaired) electrons. The molecule has 0 saturated heterocycles. The van der Waals surface area contributed by atoms with Gasteiger partial charge < -0.3 is 15.0 Å². The van der Waals surface area contributed by atoms with E-state index in [1.807, 2.05) is 31.2 Å². The third kappa shape index (κ3) is 4.40. The first-order valence-electron chi connectivity index (χ1n) is 8.10. The molecule has 0 aliphatic rings. The highest BCUT2D eigenvalue weighted by Gasteiger charge is 2.24. The van der Waals surface area contributed by atoms with Crippen molar-refractivity contribution in [3.05, 3.63) is 56.8 Å². The first kappa shape index (κ1) is 19.9. The number of ether oxygens (including phenoxy) is 1. The topological polar surface area (TPSA) is 88.3 Å². The van der Waals surface area contributed by atoms with Crippen LogP contribution in [0.3, 0.4) is 0 Å². The maximum Gasteiger partial charge on any atom is 0.339 e. The van der Waals surface area contributed by atoms with Crippen LogP contribution in [0.25, 0.3) is 0 Å². The van der Waals surface area contributed by atoms with Crippen LogP contribution in [0.5, 0.6) is 0 Å². The highest BCUT2D eigenvalue weighted by atomic mass is 79.9. The fourth-order valence-corrected chi connectivity index (χ4v) is 3.07. The molecule has 7 heteroatoms. The van der Waals surface area contributed by atoms with Gasteiger partial charge in [0.25, 0.3) is 0 Å². The second kappa shape index (κ2) is 8.31. The van der Waals surface area contributed by atoms with Crippen LogP contribution in [0.4, 0.5) is 0 Å². The summed E-state index contributed by atoms with van der Waals surface area (Å²) in [5.74, 6) is -1.04. The summed E-state index contributed by atoms with van der Waals surface area (Å²) in [5.41, 5.74) is 2.38. The minimum Gasteiger partial charge on any atom is -0.465 e. The van der Waals surface area contributed by atoms with Gasteiger partial charge in [0.1, 0.15) is 0 Å². The minimum atomic E-state index is -0.574. The van der Waals surface area contributed by atoms with Crippen molar-refractivity contribution in [3.63, 3.8) is 0 Å². The Morgan fingerprint density at radius 2 is 1.85 bits per heavy atom. The summed E-state index contributed by atoms with van der Waals surface area (Å²) in [4.78, 5) is 39.1. The largest absolute Gasteiger partial charge is 0.465 e. The van der Waals surface area contributed by atoms with Crippen LogP contribution in [0.15, 0.2) is 28.7 Å². The van der Waals surface area contributed by atoms with Crippen molar-refractivity contribution in [1.29, 1.82) is 0 Å². The number of amides is 1. The number of ketones is 1. The number of nitrogens with one attached hydrogen (secondary N) is 2. The molecule has 0 bridgehead atoms. The number of Topliss-reactive ketones (excluding diaryl/α,β-unsaturated/α-hetero) is 1. The number of hydrogen-bond acceptors (Lipinski definition) is 4. The summed E-state index contributed by atoms with van der Waals surface area (Å²) < 4.78 is 5.75. The van der Waals surface area contributed by atoms with Crippen LogP contribution >= 0.6 is 15.9 Å². The molecule has 2 N–H and O–H groups in total. The number of methoxy groups -OCH3 is 1. The lowest BCUT2D eigenvalue weighted by Gasteiger charge is -2.14. The molecule has 138 valence electrons. The van der Waals surface area contributed by atoms with Crippen LogP contribution in [0.1, 0.15) is 57.6 Å². The second-order valence-electron chi connectivity index (χ2n) is 6.04. The van der Waals surface area contributed by atoms with Crippen molar-refractivity contribution in [2.45, 2.75) is 33.2 Å². The van der Waals surface area contributed by atoms with E-state index in [4.69, 9.17) is 4.74 Å². The van der Waals surface area contributed by atoms with E-state index in [0.29, 0.717) is 17.0 Å². The zero-order valence-corrected chi connectivity index (χ0v) is 16.7. The summed E-state index contributed by atoms with van der Waals surface area (Å²) >= 11 is 3.38. The molecule has 1 heterocycles. The van der Waals surface area contributed by atoms with Gasteiger partial charge in [0.05, 0.1) is 30.8 Å². The smallest absolute Gasteiger partial charge is 0.339 e. The molecule has 26 heavy (non-hydrogen) atoms. The number of aromatic nitrogens is 1. The summed E-state index contributed by atoms with van der Waals surface area (Å²) in [6.45, 7) is 4.94. The van der Waals surface area contributed by atoms with Crippen LogP contribution < -0.4 is 5.32 Å². The lowest BCUT2D eigenvalue weighted by Crippen LogP contribution is -2.28. The molecule has 2 rings (SSSR count). The van der Waals surface area contributed by atoms with Gasteiger partial charge in [-0.1, -0.05) is 28.1 Å². The molecule has 0 saturated carbocycles. The SMILES string of the molecule is COC(=O)c1c(CC(=O)NC(C)c2ccc(Br)cc2)[nH]c(C(C)=O)c1C. The fraction of sp³-hybridized carbons (Fsp3) is 0.316. The average molecular weight is 421 g/mol. The molecule has 1 aromatic carbocycles. The van der Waals surface area contributed by atoms with E-state index in [1.54, 1.807) is 6.92 Å². The lowest BCUT2D eigenvalue weighted by atomic mass is 10.1. The number of halogens is 1. The monoisotopic (exact) mass is 420 g/mol. The van der Waals surface area contributed by atoms with Gasteiger partial charge in [0, 0.05) is 17.1 Å². The summed E-state index contributed by atoms with van der Waals surface area (Å²) in [5, 5.41) is 2.89. The van der Waals surface area contributed by atoms with Gasteiger partial charge in [-0.15, -0.1) is 0 Å². The molecule has 2 aromatic rings. The number of H-pyrrole nitrogens is 1. The minimum absolute atomic E-state index is 0.0561. The van der Waals surface area contributed by atoms with E-state index in [1.165, 1.54) is 14.0 Å². The molecule has 0 aliphatic heterocycles. The lowest BCUT2D eigenvalue weighted by molar-refractivity contribution is -0.121.